The van der Waals surface area contributed by atoms with Crippen LogP contribution in [0, 0.1) is 0 Å². The average molecular weight is 290 g/mol. The largest absolute Gasteiger partial charge is 0.494 e. The van der Waals surface area contributed by atoms with Gasteiger partial charge in [0, 0.05) is 6.54 Å². The number of rotatable bonds is 8. The zero-order chi connectivity index (χ0) is 14.9. The van der Waals surface area contributed by atoms with E-state index in [2.05, 4.69) is 20.3 Å². The number of hydrogen-bond donors (Lipinski definition) is 1. The van der Waals surface area contributed by atoms with Gasteiger partial charge in [-0.2, -0.15) is 9.97 Å². The lowest BCUT2D eigenvalue weighted by atomic mass is 10.3. The third-order valence-corrected chi connectivity index (χ3v) is 2.58. The number of anilines is 1. The van der Waals surface area contributed by atoms with E-state index in [1.807, 2.05) is 30.3 Å². The first kappa shape index (κ1) is 14.8. The van der Waals surface area contributed by atoms with E-state index in [0.717, 1.165) is 12.2 Å². The van der Waals surface area contributed by atoms with Crippen LogP contribution in [0.2, 0.25) is 0 Å². The molecule has 0 saturated heterocycles. The molecule has 7 heteroatoms. The van der Waals surface area contributed by atoms with E-state index >= 15 is 0 Å². The lowest BCUT2D eigenvalue weighted by Crippen LogP contribution is -2.11. The Labute approximate surface area is 123 Å². The summed E-state index contributed by atoms with van der Waals surface area (Å²) in [5.74, 6) is 1.28. The van der Waals surface area contributed by atoms with Gasteiger partial charge in [0.2, 0.25) is 5.95 Å². The summed E-state index contributed by atoms with van der Waals surface area (Å²) in [6.45, 7) is 1.28. The van der Waals surface area contributed by atoms with Crippen LogP contribution < -0.4 is 19.5 Å². The molecule has 0 aliphatic heterocycles. The van der Waals surface area contributed by atoms with Crippen molar-refractivity contribution in [1.82, 2.24) is 15.0 Å². The number of hydrogen-bond acceptors (Lipinski definition) is 7. The Kier molecular flexibility index (Phi) is 5.57. The van der Waals surface area contributed by atoms with Gasteiger partial charge in [0.15, 0.2) is 0 Å². The van der Waals surface area contributed by atoms with Crippen molar-refractivity contribution in [1.29, 1.82) is 0 Å². The summed E-state index contributed by atoms with van der Waals surface area (Å²) in [5, 5.41) is 3.08. The standard InChI is InChI=1S/C14H18N4O3/c1-19-13-16-12(17-14(18-13)20-2)15-9-6-10-21-11-7-4-3-5-8-11/h3-5,7-8H,6,9-10H2,1-2H3,(H,15,16,17,18). The van der Waals surface area contributed by atoms with Crippen LogP contribution in [0.3, 0.4) is 0 Å². The van der Waals surface area contributed by atoms with Crippen molar-refractivity contribution in [3.63, 3.8) is 0 Å². The number of para-hydroxylation sites is 1. The quantitative estimate of drug-likeness (QED) is 0.742. The summed E-state index contributed by atoms with van der Waals surface area (Å²) in [7, 11) is 2.98. The van der Waals surface area contributed by atoms with E-state index in [4.69, 9.17) is 14.2 Å². The summed E-state index contributed by atoms with van der Waals surface area (Å²) < 4.78 is 15.5. The molecule has 0 radical (unpaired) electrons. The molecule has 0 aliphatic carbocycles. The molecule has 0 fully saturated rings. The van der Waals surface area contributed by atoms with Crippen LogP contribution in [0.1, 0.15) is 6.42 Å². The SMILES string of the molecule is COc1nc(NCCCOc2ccccc2)nc(OC)n1. The maximum atomic E-state index is 5.59. The van der Waals surface area contributed by atoms with E-state index in [0.29, 0.717) is 19.1 Å². The summed E-state index contributed by atoms with van der Waals surface area (Å²) in [6.07, 6.45) is 0.811. The van der Waals surface area contributed by atoms with Gasteiger partial charge in [0.05, 0.1) is 20.8 Å². The second-order valence-corrected chi connectivity index (χ2v) is 4.07. The minimum Gasteiger partial charge on any atom is -0.494 e. The Bertz CT molecular complexity index is 529. The van der Waals surface area contributed by atoms with Crippen molar-refractivity contribution in [3.8, 4) is 17.8 Å². The van der Waals surface area contributed by atoms with Gasteiger partial charge >= 0.3 is 12.0 Å². The zero-order valence-corrected chi connectivity index (χ0v) is 12.1. The van der Waals surface area contributed by atoms with Gasteiger partial charge < -0.3 is 19.5 Å². The Morgan fingerprint density at radius 1 is 0.952 bits per heavy atom. The first-order valence-corrected chi connectivity index (χ1v) is 6.57. The Morgan fingerprint density at radius 3 is 2.24 bits per heavy atom. The van der Waals surface area contributed by atoms with Crippen molar-refractivity contribution in [2.24, 2.45) is 0 Å². The highest BCUT2D eigenvalue weighted by atomic mass is 16.5. The molecule has 0 amide bonds. The molecule has 1 heterocycles. The first-order valence-electron chi connectivity index (χ1n) is 6.57. The molecule has 1 aromatic carbocycles. The smallest absolute Gasteiger partial charge is 0.324 e. The molecule has 0 aliphatic rings. The normalized spacial score (nSPS) is 10.0. The molecule has 0 bridgehead atoms. The predicted octanol–water partition coefficient (Wildman–Crippen LogP) is 1.77. The highest BCUT2D eigenvalue weighted by molar-refractivity contribution is 5.27. The van der Waals surface area contributed by atoms with Crippen LogP contribution in [0.25, 0.3) is 0 Å². The molecule has 7 nitrogen and oxygen atoms in total. The van der Waals surface area contributed by atoms with E-state index in [-0.39, 0.29) is 12.0 Å². The second-order valence-electron chi connectivity index (χ2n) is 4.07. The van der Waals surface area contributed by atoms with Crippen molar-refractivity contribution < 1.29 is 14.2 Å². The maximum absolute atomic E-state index is 5.59. The second kappa shape index (κ2) is 7.88. The van der Waals surface area contributed by atoms with E-state index in [9.17, 15) is 0 Å². The molecule has 0 unspecified atom stereocenters. The molecule has 0 spiro atoms. The summed E-state index contributed by atoms with van der Waals surface area (Å²) in [4.78, 5) is 12.1. The highest BCUT2D eigenvalue weighted by Crippen LogP contribution is 2.12. The van der Waals surface area contributed by atoms with Gasteiger partial charge in [-0.25, -0.2) is 0 Å². The molecule has 21 heavy (non-hydrogen) atoms. The van der Waals surface area contributed by atoms with Crippen molar-refractivity contribution in [2.45, 2.75) is 6.42 Å². The van der Waals surface area contributed by atoms with Crippen LogP contribution in [0.15, 0.2) is 30.3 Å². The first-order chi connectivity index (χ1) is 10.3. The predicted molar refractivity (Wildman–Crippen MR) is 78.0 cm³/mol. The molecule has 1 aromatic heterocycles. The van der Waals surface area contributed by atoms with Crippen LogP contribution in [0.5, 0.6) is 17.8 Å². The van der Waals surface area contributed by atoms with Gasteiger partial charge in [-0.1, -0.05) is 18.2 Å². The number of nitrogens with one attached hydrogen (secondary N) is 1. The highest BCUT2D eigenvalue weighted by Gasteiger charge is 2.06. The maximum Gasteiger partial charge on any atom is 0.324 e. The number of methoxy groups -OCH3 is 2. The molecule has 0 saturated carbocycles. The minimum atomic E-state index is 0.213. The lowest BCUT2D eigenvalue weighted by molar-refractivity contribution is 0.314. The molecule has 1 N–H and O–H groups in total. The third-order valence-electron chi connectivity index (χ3n) is 2.58. The lowest BCUT2D eigenvalue weighted by Gasteiger charge is -2.08. The summed E-state index contributed by atoms with van der Waals surface area (Å²) in [5.41, 5.74) is 0. The Balaban J connectivity index is 1.75. The van der Waals surface area contributed by atoms with Gasteiger partial charge in [-0.05, 0) is 18.6 Å². The molecule has 0 atom stereocenters. The fourth-order valence-electron chi connectivity index (χ4n) is 1.58. The number of nitrogens with zero attached hydrogens (tertiary/aromatic N) is 3. The summed E-state index contributed by atoms with van der Waals surface area (Å²) in [6, 6.07) is 10.1. The zero-order valence-electron chi connectivity index (χ0n) is 12.1. The van der Waals surface area contributed by atoms with Crippen LogP contribution >= 0.6 is 0 Å². The van der Waals surface area contributed by atoms with E-state index in [1.54, 1.807) is 0 Å². The van der Waals surface area contributed by atoms with Crippen molar-refractivity contribution in [3.05, 3.63) is 30.3 Å². The monoisotopic (exact) mass is 290 g/mol. The Morgan fingerprint density at radius 2 is 1.62 bits per heavy atom. The molecule has 112 valence electrons. The van der Waals surface area contributed by atoms with E-state index in [1.165, 1.54) is 14.2 Å². The molecular formula is C14H18N4O3. The van der Waals surface area contributed by atoms with Crippen LogP contribution in [-0.2, 0) is 0 Å². The minimum absolute atomic E-state index is 0.213. The average Bonchev–Trinajstić information content (AvgIpc) is 2.55. The van der Waals surface area contributed by atoms with Gasteiger partial charge in [-0.3, -0.25) is 0 Å². The molecular weight excluding hydrogens is 272 g/mol. The van der Waals surface area contributed by atoms with Crippen molar-refractivity contribution in [2.75, 3.05) is 32.7 Å². The fraction of sp³-hybridized carbons (Fsp3) is 0.357. The van der Waals surface area contributed by atoms with E-state index < -0.39 is 0 Å². The van der Waals surface area contributed by atoms with Gasteiger partial charge in [-0.15, -0.1) is 4.98 Å². The molecule has 2 aromatic rings. The number of benzene rings is 1. The topological polar surface area (TPSA) is 78.4 Å². The number of ether oxygens (including phenoxy) is 3. The fourth-order valence-corrected chi connectivity index (χ4v) is 1.58. The molecule has 2 rings (SSSR count). The Hall–Kier alpha value is -2.57. The summed E-state index contributed by atoms with van der Waals surface area (Å²) >= 11 is 0. The number of aromatic nitrogens is 3. The van der Waals surface area contributed by atoms with Gasteiger partial charge in [0.25, 0.3) is 0 Å². The third kappa shape index (κ3) is 4.79. The van der Waals surface area contributed by atoms with Crippen LogP contribution in [-0.4, -0.2) is 42.3 Å². The van der Waals surface area contributed by atoms with Crippen LogP contribution in [0.4, 0.5) is 5.95 Å². The van der Waals surface area contributed by atoms with Crippen molar-refractivity contribution >= 4 is 5.95 Å². The van der Waals surface area contributed by atoms with Gasteiger partial charge in [0.1, 0.15) is 5.75 Å².